The standard InChI is InChI=1S/C14H13BrF2N2/c1-8-3-10(4-9(2)13(8)17)6-18-14-12(16)5-11(15)7-19-14/h3-5,7H,6H2,1-2H3,(H,18,19). The van der Waals surface area contributed by atoms with Crippen molar-refractivity contribution in [3.63, 3.8) is 0 Å². The molecule has 0 aliphatic heterocycles. The Morgan fingerprint density at radius 2 is 1.79 bits per heavy atom. The van der Waals surface area contributed by atoms with Crippen LogP contribution in [0.3, 0.4) is 0 Å². The molecule has 0 bridgehead atoms. The van der Waals surface area contributed by atoms with E-state index in [1.54, 1.807) is 26.0 Å². The molecule has 0 spiro atoms. The van der Waals surface area contributed by atoms with Gasteiger partial charge in [-0.25, -0.2) is 13.8 Å². The molecule has 1 aromatic carbocycles. The third-order valence-electron chi connectivity index (χ3n) is 2.76. The van der Waals surface area contributed by atoms with E-state index in [1.807, 2.05) is 0 Å². The summed E-state index contributed by atoms with van der Waals surface area (Å²) in [6, 6.07) is 4.83. The highest BCUT2D eigenvalue weighted by Gasteiger charge is 2.07. The van der Waals surface area contributed by atoms with Crippen molar-refractivity contribution in [1.82, 2.24) is 4.98 Å². The Morgan fingerprint density at radius 1 is 1.16 bits per heavy atom. The molecule has 0 fully saturated rings. The van der Waals surface area contributed by atoms with Crippen molar-refractivity contribution < 1.29 is 8.78 Å². The third-order valence-corrected chi connectivity index (χ3v) is 3.20. The number of anilines is 1. The molecule has 1 heterocycles. The Hall–Kier alpha value is -1.49. The van der Waals surface area contributed by atoms with E-state index in [2.05, 4.69) is 26.2 Å². The first-order valence-electron chi connectivity index (χ1n) is 5.78. The largest absolute Gasteiger partial charge is 0.364 e. The quantitative estimate of drug-likeness (QED) is 0.906. The summed E-state index contributed by atoms with van der Waals surface area (Å²) in [4.78, 5) is 3.95. The van der Waals surface area contributed by atoms with Crippen molar-refractivity contribution in [2.75, 3.05) is 5.32 Å². The average Bonchev–Trinajstić information content (AvgIpc) is 2.34. The minimum atomic E-state index is -0.426. The van der Waals surface area contributed by atoms with Gasteiger partial charge in [0.05, 0.1) is 0 Å². The van der Waals surface area contributed by atoms with Gasteiger partial charge in [-0.1, -0.05) is 12.1 Å². The Labute approximate surface area is 119 Å². The maximum Gasteiger partial charge on any atom is 0.166 e. The summed E-state index contributed by atoms with van der Waals surface area (Å²) < 4.78 is 27.6. The molecule has 1 N–H and O–H groups in total. The van der Waals surface area contributed by atoms with Crippen LogP contribution in [-0.2, 0) is 6.54 Å². The van der Waals surface area contributed by atoms with Gasteiger partial charge in [0.2, 0.25) is 0 Å². The first-order chi connectivity index (χ1) is 8.97. The number of halogens is 3. The number of aromatic nitrogens is 1. The highest BCUT2D eigenvalue weighted by molar-refractivity contribution is 9.10. The summed E-state index contributed by atoms with van der Waals surface area (Å²) in [6.07, 6.45) is 1.52. The van der Waals surface area contributed by atoms with Crippen LogP contribution in [-0.4, -0.2) is 4.98 Å². The predicted octanol–water partition coefficient (Wildman–Crippen LogP) is 4.35. The Kier molecular flexibility index (Phi) is 4.14. The van der Waals surface area contributed by atoms with Gasteiger partial charge >= 0.3 is 0 Å². The molecule has 19 heavy (non-hydrogen) atoms. The summed E-state index contributed by atoms with van der Waals surface area (Å²) in [6.45, 7) is 3.82. The first-order valence-corrected chi connectivity index (χ1v) is 6.57. The van der Waals surface area contributed by atoms with Gasteiger partial charge in [0, 0.05) is 17.2 Å². The highest BCUT2D eigenvalue weighted by atomic mass is 79.9. The van der Waals surface area contributed by atoms with E-state index in [4.69, 9.17) is 0 Å². The molecule has 1 aromatic heterocycles. The van der Waals surface area contributed by atoms with Crippen LogP contribution in [0.5, 0.6) is 0 Å². The van der Waals surface area contributed by atoms with E-state index in [0.717, 1.165) is 5.56 Å². The third kappa shape index (κ3) is 3.29. The Bertz CT molecular complexity index is 591. The lowest BCUT2D eigenvalue weighted by Crippen LogP contribution is -2.04. The van der Waals surface area contributed by atoms with Crippen LogP contribution in [0.25, 0.3) is 0 Å². The van der Waals surface area contributed by atoms with Crippen LogP contribution >= 0.6 is 15.9 Å². The number of nitrogens with one attached hydrogen (secondary N) is 1. The monoisotopic (exact) mass is 326 g/mol. The van der Waals surface area contributed by atoms with Crippen LogP contribution in [0.2, 0.25) is 0 Å². The SMILES string of the molecule is Cc1cc(CNc2ncc(Br)cc2F)cc(C)c1F. The van der Waals surface area contributed by atoms with Crippen molar-refractivity contribution in [3.8, 4) is 0 Å². The number of pyridine rings is 1. The Balaban J connectivity index is 2.14. The number of hydrogen-bond acceptors (Lipinski definition) is 2. The zero-order chi connectivity index (χ0) is 14.0. The molecule has 0 unspecified atom stereocenters. The summed E-state index contributed by atoms with van der Waals surface area (Å²) in [5.74, 6) is -0.440. The number of hydrogen-bond donors (Lipinski definition) is 1. The second-order valence-corrected chi connectivity index (χ2v) is 5.30. The minimum absolute atomic E-state index is 0.183. The van der Waals surface area contributed by atoms with Crippen LogP contribution in [0.15, 0.2) is 28.9 Å². The molecule has 0 radical (unpaired) electrons. The van der Waals surface area contributed by atoms with Crippen molar-refractivity contribution in [3.05, 3.63) is 57.2 Å². The van der Waals surface area contributed by atoms with E-state index in [9.17, 15) is 8.78 Å². The van der Waals surface area contributed by atoms with Crippen molar-refractivity contribution in [2.24, 2.45) is 0 Å². The van der Waals surface area contributed by atoms with Gasteiger partial charge in [0.15, 0.2) is 11.6 Å². The van der Waals surface area contributed by atoms with E-state index in [-0.39, 0.29) is 11.6 Å². The molecule has 0 saturated carbocycles. The number of nitrogens with zero attached hydrogens (tertiary/aromatic N) is 1. The summed E-state index contributed by atoms with van der Waals surface area (Å²) in [5.41, 5.74) is 2.06. The van der Waals surface area contributed by atoms with Crippen molar-refractivity contribution >= 4 is 21.7 Å². The number of aryl methyl sites for hydroxylation is 2. The van der Waals surface area contributed by atoms with Gasteiger partial charge in [0.1, 0.15) is 5.82 Å². The van der Waals surface area contributed by atoms with Crippen LogP contribution in [0.4, 0.5) is 14.6 Å². The second kappa shape index (κ2) is 5.65. The van der Waals surface area contributed by atoms with E-state index < -0.39 is 5.82 Å². The number of benzene rings is 1. The lowest BCUT2D eigenvalue weighted by molar-refractivity contribution is 0.608. The summed E-state index contributed by atoms with van der Waals surface area (Å²) in [5, 5.41) is 2.90. The van der Waals surface area contributed by atoms with Crippen LogP contribution < -0.4 is 5.32 Å². The molecule has 2 nitrogen and oxygen atoms in total. The molecule has 5 heteroatoms. The highest BCUT2D eigenvalue weighted by Crippen LogP contribution is 2.18. The molecule has 0 saturated heterocycles. The molecular formula is C14H13BrF2N2. The van der Waals surface area contributed by atoms with Gasteiger partial charge in [-0.15, -0.1) is 0 Å². The van der Waals surface area contributed by atoms with E-state index in [1.165, 1.54) is 12.3 Å². The summed E-state index contributed by atoms with van der Waals surface area (Å²) in [7, 11) is 0. The fraction of sp³-hybridized carbons (Fsp3) is 0.214. The van der Waals surface area contributed by atoms with Crippen LogP contribution in [0, 0.1) is 25.5 Å². The summed E-state index contributed by atoms with van der Waals surface area (Å²) >= 11 is 3.15. The fourth-order valence-electron chi connectivity index (χ4n) is 1.87. The second-order valence-electron chi connectivity index (χ2n) is 4.38. The maximum atomic E-state index is 13.6. The molecule has 0 amide bonds. The molecule has 0 aliphatic carbocycles. The zero-order valence-electron chi connectivity index (χ0n) is 10.6. The van der Waals surface area contributed by atoms with Gasteiger partial charge < -0.3 is 5.32 Å². The van der Waals surface area contributed by atoms with Crippen molar-refractivity contribution in [2.45, 2.75) is 20.4 Å². The van der Waals surface area contributed by atoms with Gasteiger partial charge in [-0.05, 0) is 52.5 Å². The average molecular weight is 327 g/mol. The van der Waals surface area contributed by atoms with E-state index >= 15 is 0 Å². The van der Waals surface area contributed by atoms with Crippen molar-refractivity contribution in [1.29, 1.82) is 0 Å². The smallest absolute Gasteiger partial charge is 0.166 e. The van der Waals surface area contributed by atoms with Gasteiger partial charge in [0.25, 0.3) is 0 Å². The van der Waals surface area contributed by atoms with Crippen LogP contribution in [0.1, 0.15) is 16.7 Å². The zero-order valence-corrected chi connectivity index (χ0v) is 12.2. The van der Waals surface area contributed by atoms with E-state index in [0.29, 0.717) is 22.1 Å². The van der Waals surface area contributed by atoms with Gasteiger partial charge in [-0.2, -0.15) is 0 Å². The molecule has 0 aliphatic rings. The normalized spacial score (nSPS) is 10.6. The predicted molar refractivity (Wildman–Crippen MR) is 75.1 cm³/mol. The minimum Gasteiger partial charge on any atom is -0.364 e. The maximum absolute atomic E-state index is 13.6. The molecule has 0 atom stereocenters. The molecule has 2 aromatic rings. The fourth-order valence-corrected chi connectivity index (χ4v) is 2.17. The topological polar surface area (TPSA) is 24.9 Å². The lowest BCUT2D eigenvalue weighted by Gasteiger charge is -2.09. The van der Waals surface area contributed by atoms with Gasteiger partial charge in [-0.3, -0.25) is 0 Å². The number of rotatable bonds is 3. The Morgan fingerprint density at radius 3 is 2.37 bits per heavy atom. The molecular weight excluding hydrogens is 314 g/mol. The first kappa shape index (κ1) is 13.9. The molecule has 2 rings (SSSR count). The lowest BCUT2D eigenvalue weighted by atomic mass is 10.1. The molecule has 100 valence electrons.